The van der Waals surface area contributed by atoms with Crippen molar-refractivity contribution in [1.29, 1.82) is 0 Å². The van der Waals surface area contributed by atoms with Crippen LogP contribution in [0.4, 0.5) is 5.69 Å². The first kappa shape index (κ1) is 14.3. The van der Waals surface area contributed by atoms with Crippen molar-refractivity contribution in [2.75, 3.05) is 5.32 Å². The summed E-state index contributed by atoms with van der Waals surface area (Å²) < 4.78 is 3.08. The largest absolute Gasteiger partial charge is 0.366 e. The molecule has 0 aliphatic heterocycles. The second-order valence-electron chi connectivity index (χ2n) is 4.84. The molecule has 0 fully saturated rings. The second-order valence-corrected chi connectivity index (χ2v) is 5.79. The molecule has 2 amide bonds. The molecular formula is C16H15N3O2S. The van der Waals surface area contributed by atoms with E-state index in [1.807, 2.05) is 29.0 Å². The highest BCUT2D eigenvalue weighted by Gasteiger charge is 2.15. The van der Waals surface area contributed by atoms with Crippen LogP contribution in [0.2, 0.25) is 0 Å². The molecule has 0 unspecified atom stereocenters. The molecular weight excluding hydrogens is 298 g/mol. The molecule has 0 saturated heterocycles. The highest BCUT2D eigenvalue weighted by molar-refractivity contribution is 7.17. The Hall–Kier alpha value is -2.60. The van der Waals surface area contributed by atoms with E-state index >= 15 is 0 Å². The quantitative estimate of drug-likeness (QED) is 0.776. The Morgan fingerprint density at radius 3 is 2.59 bits per heavy atom. The third-order valence-electron chi connectivity index (χ3n) is 3.50. The molecule has 22 heavy (non-hydrogen) atoms. The number of aromatic nitrogens is 1. The number of amides is 2. The van der Waals surface area contributed by atoms with E-state index in [4.69, 9.17) is 5.73 Å². The first-order valence-electron chi connectivity index (χ1n) is 6.88. The minimum absolute atomic E-state index is 0.169. The van der Waals surface area contributed by atoms with Gasteiger partial charge in [0.2, 0.25) is 5.91 Å². The number of primary amides is 1. The van der Waals surface area contributed by atoms with Gasteiger partial charge in [0, 0.05) is 17.8 Å². The molecule has 0 spiro atoms. The lowest BCUT2D eigenvalue weighted by molar-refractivity contribution is 0.0997. The number of anilines is 1. The molecule has 3 aromatic rings. The summed E-state index contributed by atoms with van der Waals surface area (Å²) in [6.07, 6.45) is 0. The zero-order chi connectivity index (χ0) is 15.7. The van der Waals surface area contributed by atoms with Gasteiger partial charge in [-0.2, -0.15) is 0 Å². The summed E-state index contributed by atoms with van der Waals surface area (Å²) in [6, 6.07) is 10.4. The number of thiophene rings is 1. The topological polar surface area (TPSA) is 77.1 Å². The summed E-state index contributed by atoms with van der Waals surface area (Å²) in [4.78, 5) is 23.5. The van der Waals surface area contributed by atoms with E-state index in [1.165, 1.54) is 0 Å². The van der Waals surface area contributed by atoms with Gasteiger partial charge in [-0.05, 0) is 48.7 Å². The third-order valence-corrected chi connectivity index (χ3v) is 4.35. The fourth-order valence-corrected chi connectivity index (χ4v) is 3.24. The van der Waals surface area contributed by atoms with Crippen LogP contribution in [0.5, 0.6) is 0 Å². The summed E-state index contributed by atoms with van der Waals surface area (Å²) in [6.45, 7) is 2.74. The molecule has 0 saturated carbocycles. The van der Waals surface area contributed by atoms with Crippen molar-refractivity contribution in [1.82, 2.24) is 4.57 Å². The Morgan fingerprint density at radius 2 is 1.95 bits per heavy atom. The number of hydrogen-bond donors (Lipinski definition) is 2. The molecule has 2 aromatic heterocycles. The molecule has 3 rings (SSSR count). The Morgan fingerprint density at radius 1 is 1.23 bits per heavy atom. The lowest BCUT2D eigenvalue weighted by atomic mass is 10.2. The van der Waals surface area contributed by atoms with Crippen LogP contribution in [0, 0.1) is 0 Å². The molecule has 3 N–H and O–H groups in total. The summed E-state index contributed by atoms with van der Waals surface area (Å²) in [7, 11) is 0. The van der Waals surface area contributed by atoms with Gasteiger partial charge >= 0.3 is 0 Å². The van der Waals surface area contributed by atoms with E-state index in [0.717, 1.165) is 16.8 Å². The van der Waals surface area contributed by atoms with E-state index in [2.05, 4.69) is 5.32 Å². The van der Waals surface area contributed by atoms with Gasteiger partial charge in [0.05, 0.1) is 10.2 Å². The lowest BCUT2D eigenvalue weighted by Gasteiger charge is -2.09. The SMILES string of the molecule is CCn1c(C(=O)Nc2ccc(C(N)=O)cc2)cc2sccc21. The smallest absolute Gasteiger partial charge is 0.272 e. The molecule has 0 aliphatic rings. The van der Waals surface area contributed by atoms with E-state index in [-0.39, 0.29) is 5.91 Å². The number of rotatable bonds is 4. The van der Waals surface area contributed by atoms with Gasteiger partial charge in [0.25, 0.3) is 5.91 Å². The minimum atomic E-state index is -0.488. The van der Waals surface area contributed by atoms with Crippen LogP contribution in [0.3, 0.4) is 0 Å². The minimum Gasteiger partial charge on any atom is -0.366 e. The van der Waals surface area contributed by atoms with Crippen molar-refractivity contribution < 1.29 is 9.59 Å². The van der Waals surface area contributed by atoms with Crippen LogP contribution in [0.15, 0.2) is 41.8 Å². The Labute approximate surface area is 131 Å². The van der Waals surface area contributed by atoms with E-state index in [9.17, 15) is 9.59 Å². The maximum atomic E-state index is 12.5. The van der Waals surface area contributed by atoms with E-state index in [0.29, 0.717) is 16.9 Å². The van der Waals surface area contributed by atoms with Gasteiger partial charge in [0.15, 0.2) is 0 Å². The highest BCUT2D eigenvalue weighted by atomic mass is 32.1. The van der Waals surface area contributed by atoms with Crippen LogP contribution in [0.25, 0.3) is 10.2 Å². The average Bonchev–Trinajstić information content (AvgIpc) is 3.07. The van der Waals surface area contributed by atoms with Crippen molar-refractivity contribution in [3.63, 3.8) is 0 Å². The zero-order valence-electron chi connectivity index (χ0n) is 12.0. The molecule has 2 heterocycles. The maximum Gasteiger partial charge on any atom is 0.272 e. The summed E-state index contributed by atoms with van der Waals surface area (Å²) in [5.41, 5.74) is 7.94. The van der Waals surface area contributed by atoms with Crippen LogP contribution in [0.1, 0.15) is 27.8 Å². The normalized spacial score (nSPS) is 10.8. The van der Waals surface area contributed by atoms with E-state index < -0.39 is 5.91 Å². The van der Waals surface area contributed by atoms with Crippen LogP contribution < -0.4 is 11.1 Å². The third kappa shape index (κ3) is 2.48. The van der Waals surface area contributed by atoms with Gasteiger partial charge in [-0.15, -0.1) is 11.3 Å². The number of benzene rings is 1. The number of hydrogen-bond acceptors (Lipinski definition) is 3. The zero-order valence-corrected chi connectivity index (χ0v) is 12.8. The number of nitrogens with zero attached hydrogens (tertiary/aromatic N) is 1. The number of fused-ring (bicyclic) bond motifs is 1. The van der Waals surface area contributed by atoms with Gasteiger partial charge < -0.3 is 15.6 Å². The van der Waals surface area contributed by atoms with Crippen molar-refractivity contribution in [2.24, 2.45) is 5.73 Å². The molecule has 0 radical (unpaired) electrons. The lowest BCUT2D eigenvalue weighted by Crippen LogP contribution is -2.17. The predicted molar refractivity (Wildman–Crippen MR) is 88.4 cm³/mol. The van der Waals surface area contributed by atoms with Crippen molar-refractivity contribution in [3.05, 3.63) is 53.0 Å². The van der Waals surface area contributed by atoms with Crippen LogP contribution in [-0.4, -0.2) is 16.4 Å². The molecule has 0 bridgehead atoms. The predicted octanol–water partition coefficient (Wildman–Crippen LogP) is 3.07. The number of aryl methyl sites for hydroxylation is 1. The summed E-state index contributed by atoms with van der Waals surface area (Å²) in [5.74, 6) is -0.657. The first-order valence-corrected chi connectivity index (χ1v) is 7.76. The standard InChI is InChI=1S/C16H15N3O2S/c1-2-19-12-7-8-22-14(12)9-13(19)16(21)18-11-5-3-10(4-6-11)15(17)20/h3-9H,2H2,1H3,(H2,17,20)(H,18,21). The first-order chi connectivity index (χ1) is 10.6. The Kier molecular flexibility index (Phi) is 3.68. The van der Waals surface area contributed by atoms with Gasteiger partial charge in [-0.3, -0.25) is 9.59 Å². The number of nitrogens with two attached hydrogens (primary N) is 1. The van der Waals surface area contributed by atoms with Crippen LogP contribution >= 0.6 is 11.3 Å². The van der Waals surface area contributed by atoms with Crippen molar-refractivity contribution in [3.8, 4) is 0 Å². The summed E-state index contributed by atoms with van der Waals surface area (Å²) in [5, 5.41) is 4.86. The molecule has 5 nitrogen and oxygen atoms in total. The monoisotopic (exact) mass is 313 g/mol. The van der Waals surface area contributed by atoms with Gasteiger partial charge in [-0.1, -0.05) is 0 Å². The van der Waals surface area contributed by atoms with Crippen molar-refractivity contribution in [2.45, 2.75) is 13.5 Å². The molecule has 0 atom stereocenters. The van der Waals surface area contributed by atoms with Crippen molar-refractivity contribution >= 4 is 39.1 Å². The average molecular weight is 313 g/mol. The van der Waals surface area contributed by atoms with Crippen LogP contribution in [-0.2, 0) is 6.54 Å². The second kappa shape index (κ2) is 5.65. The molecule has 0 aliphatic carbocycles. The number of carbonyl (C=O) groups excluding carboxylic acids is 2. The molecule has 1 aromatic carbocycles. The fraction of sp³-hybridized carbons (Fsp3) is 0.125. The van der Waals surface area contributed by atoms with E-state index in [1.54, 1.807) is 35.6 Å². The Bertz CT molecular complexity index is 846. The van der Waals surface area contributed by atoms with Gasteiger partial charge in [-0.25, -0.2) is 0 Å². The maximum absolute atomic E-state index is 12.5. The summed E-state index contributed by atoms with van der Waals surface area (Å²) >= 11 is 1.61. The number of carbonyl (C=O) groups is 2. The highest BCUT2D eigenvalue weighted by Crippen LogP contribution is 2.25. The fourth-order valence-electron chi connectivity index (χ4n) is 2.42. The molecule has 112 valence electrons. The molecule has 6 heteroatoms. The Balaban J connectivity index is 1.86. The van der Waals surface area contributed by atoms with Gasteiger partial charge in [0.1, 0.15) is 5.69 Å². The number of nitrogens with one attached hydrogen (secondary N) is 1.